The highest BCUT2D eigenvalue weighted by molar-refractivity contribution is 5.95. The zero-order valence-corrected chi connectivity index (χ0v) is 14.9. The normalized spacial score (nSPS) is 14.8. The molecule has 0 radical (unpaired) electrons. The molecule has 1 aliphatic rings. The molecule has 0 saturated carbocycles. The Hall–Kier alpha value is -2.90. The second kappa shape index (κ2) is 8.41. The molecule has 1 heterocycles. The summed E-state index contributed by atoms with van der Waals surface area (Å²) >= 11 is 0. The molecule has 8 heteroatoms. The lowest BCUT2D eigenvalue weighted by atomic mass is 9.96. The van der Waals surface area contributed by atoms with Crippen LogP contribution in [0.15, 0.2) is 36.4 Å². The van der Waals surface area contributed by atoms with Crippen LogP contribution in [-0.4, -0.2) is 36.3 Å². The molecule has 2 amide bonds. The number of rotatable bonds is 4. The molecule has 1 aliphatic heterocycles. The van der Waals surface area contributed by atoms with Gasteiger partial charge in [-0.25, -0.2) is 17.6 Å². The van der Waals surface area contributed by atoms with Crippen molar-refractivity contribution in [1.29, 1.82) is 0 Å². The van der Waals surface area contributed by atoms with Gasteiger partial charge in [0.1, 0.15) is 34.4 Å². The van der Waals surface area contributed by atoms with Crippen LogP contribution >= 0.6 is 0 Å². The fraction of sp³-hybridized carbons (Fsp3) is 0.300. The zero-order chi connectivity index (χ0) is 20.3. The summed E-state index contributed by atoms with van der Waals surface area (Å²) in [6, 6.07) is 6.43. The summed E-state index contributed by atoms with van der Waals surface area (Å²) in [5.41, 5.74) is -1.21. The molecule has 2 aromatic carbocycles. The molecule has 28 heavy (non-hydrogen) atoms. The monoisotopic (exact) mass is 394 g/mol. The van der Waals surface area contributed by atoms with E-state index in [4.69, 9.17) is 0 Å². The van der Waals surface area contributed by atoms with Gasteiger partial charge in [-0.15, -0.1) is 0 Å². The van der Waals surface area contributed by atoms with Crippen molar-refractivity contribution in [2.24, 2.45) is 5.92 Å². The quantitative estimate of drug-likeness (QED) is 0.807. The minimum absolute atomic E-state index is 0.0201. The first-order valence-corrected chi connectivity index (χ1v) is 8.84. The molecule has 4 nitrogen and oxygen atoms in total. The Kier molecular flexibility index (Phi) is 5.96. The first kappa shape index (κ1) is 19.9. The Morgan fingerprint density at radius 3 is 1.82 bits per heavy atom. The molecule has 1 saturated heterocycles. The first-order chi connectivity index (χ1) is 13.4. The minimum Gasteiger partial charge on any atom is -0.352 e. The van der Waals surface area contributed by atoms with Crippen molar-refractivity contribution in [3.63, 3.8) is 0 Å². The third-order valence-corrected chi connectivity index (χ3v) is 4.82. The van der Waals surface area contributed by atoms with Gasteiger partial charge < -0.3 is 10.2 Å². The van der Waals surface area contributed by atoms with E-state index in [1.165, 1.54) is 17.0 Å². The lowest BCUT2D eigenvalue weighted by molar-refractivity contribution is 0.0674. The molecular formula is C20H18F4N2O2. The lowest BCUT2D eigenvalue weighted by Crippen LogP contribution is -2.42. The van der Waals surface area contributed by atoms with Gasteiger partial charge in [0.15, 0.2) is 0 Å². The third kappa shape index (κ3) is 4.16. The van der Waals surface area contributed by atoms with Gasteiger partial charge in [-0.1, -0.05) is 12.1 Å². The molecular weight excluding hydrogens is 376 g/mol. The number of carbonyl (C=O) groups excluding carboxylic acids is 2. The summed E-state index contributed by atoms with van der Waals surface area (Å²) in [4.78, 5) is 25.7. The van der Waals surface area contributed by atoms with E-state index in [0.29, 0.717) is 12.8 Å². The smallest absolute Gasteiger partial charge is 0.259 e. The van der Waals surface area contributed by atoms with E-state index in [2.05, 4.69) is 5.32 Å². The predicted molar refractivity (Wildman–Crippen MR) is 93.7 cm³/mol. The van der Waals surface area contributed by atoms with Gasteiger partial charge in [0, 0.05) is 19.6 Å². The van der Waals surface area contributed by atoms with Gasteiger partial charge in [0.2, 0.25) is 0 Å². The molecule has 0 atom stereocenters. The van der Waals surface area contributed by atoms with Crippen molar-refractivity contribution in [3.05, 3.63) is 70.8 Å². The molecule has 148 valence electrons. The van der Waals surface area contributed by atoms with Crippen molar-refractivity contribution in [2.45, 2.75) is 12.8 Å². The van der Waals surface area contributed by atoms with Gasteiger partial charge in [0.25, 0.3) is 11.8 Å². The molecule has 0 unspecified atom stereocenters. The largest absolute Gasteiger partial charge is 0.352 e. The number of carbonyl (C=O) groups is 2. The van der Waals surface area contributed by atoms with Crippen molar-refractivity contribution in [1.82, 2.24) is 10.2 Å². The maximum atomic E-state index is 13.8. The molecule has 1 N–H and O–H groups in total. The molecule has 0 aliphatic carbocycles. The Morgan fingerprint density at radius 1 is 0.857 bits per heavy atom. The van der Waals surface area contributed by atoms with E-state index in [1.54, 1.807) is 0 Å². The molecule has 0 bridgehead atoms. The summed E-state index contributed by atoms with van der Waals surface area (Å²) in [5.74, 6) is -5.28. The van der Waals surface area contributed by atoms with Crippen LogP contribution in [0, 0.1) is 29.2 Å². The Balaban J connectivity index is 1.55. The second-order valence-corrected chi connectivity index (χ2v) is 6.64. The predicted octanol–water partition coefficient (Wildman–Crippen LogP) is 3.53. The van der Waals surface area contributed by atoms with Gasteiger partial charge in [0.05, 0.1) is 0 Å². The average Bonchev–Trinajstić information content (AvgIpc) is 2.66. The lowest BCUT2D eigenvalue weighted by Gasteiger charge is -2.32. The molecule has 2 aromatic rings. The number of likely N-dealkylation sites (tertiary alicyclic amines) is 1. The number of nitrogens with one attached hydrogen (secondary N) is 1. The van der Waals surface area contributed by atoms with E-state index in [-0.39, 0.29) is 25.6 Å². The number of hydrogen-bond donors (Lipinski definition) is 1. The highest BCUT2D eigenvalue weighted by atomic mass is 19.1. The van der Waals surface area contributed by atoms with Crippen molar-refractivity contribution >= 4 is 11.8 Å². The van der Waals surface area contributed by atoms with Crippen LogP contribution in [-0.2, 0) is 0 Å². The van der Waals surface area contributed by atoms with Gasteiger partial charge in [-0.2, -0.15) is 0 Å². The van der Waals surface area contributed by atoms with Crippen LogP contribution in [0.25, 0.3) is 0 Å². The number of piperidine rings is 1. The van der Waals surface area contributed by atoms with Gasteiger partial charge in [-0.05, 0) is 43.0 Å². The van der Waals surface area contributed by atoms with E-state index >= 15 is 0 Å². The van der Waals surface area contributed by atoms with Crippen LogP contribution in [0.3, 0.4) is 0 Å². The first-order valence-electron chi connectivity index (χ1n) is 8.84. The Labute approximate surface area is 159 Å². The van der Waals surface area contributed by atoms with Crippen molar-refractivity contribution < 1.29 is 27.2 Å². The number of halogens is 4. The molecule has 1 fully saturated rings. The molecule has 0 aromatic heterocycles. The Bertz CT molecular complexity index is 855. The van der Waals surface area contributed by atoms with E-state index < -0.39 is 46.2 Å². The summed E-state index contributed by atoms with van der Waals surface area (Å²) in [6.45, 7) is 0.713. The number of benzene rings is 2. The van der Waals surface area contributed by atoms with E-state index in [1.807, 2.05) is 0 Å². The van der Waals surface area contributed by atoms with Crippen LogP contribution in [0.5, 0.6) is 0 Å². The second-order valence-electron chi connectivity index (χ2n) is 6.64. The summed E-state index contributed by atoms with van der Waals surface area (Å²) < 4.78 is 54.8. The average molecular weight is 394 g/mol. The van der Waals surface area contributed by atoms with Crippen LogP contribution in [0.4, 0.5) is 17.6 Å². The van der Waals surface area contributed by atoms with Gasteiger partial charge >= 0.3 is 0 Å². The SMILES string of the molecule is O=C(NCC1CCN(C(=O)c2c(F)cccc2F)CC1)c1c(F)cccc1F. The zero-order valence-electron chi connectivity index (χ0n) is 14.9. The number of nitrogens with zero attached hydrogens (tertiary/aromatic N) is 1. The summed E-state index contributed by atoms with van der Waals surface area (Å²) in [7, 11) is 0. The highest BCUT2D eigenvalue weighted by Gasteiger charge is 2.28. The van der Waals surface area contributed by atoms with Crippen LogP contribution < -0.4 is 5.32 Å². The molecule has 0 spiro atoms. The fourth-order valence-corrected chi connectivity index (χ4v) is 3.24. The molecule has 3 rings (SSSR count). The maximum absolute atomic E-state index is 13.8. The minimum atomic E-state index is -0.940. The highest BCUT2D eigenvalue weighted by Crippen LogP contribution is 2.21. The van der Waals surface area contributed by atoms with E-state index in [0.717, 1.165) is 24.3 Å². The number of hydrogen-bond acceptors (Lipinski definition) is 2. The summed E-state index contributed by atoms with van der Waals surface area (Å²) in [5, 5.41) is 2.50. The van der Waals surface area contributed by atoms with Crippen molar-refractivity contribution in [3.8, 4) is 0 Å². The standard InChI is InChI=1S/C20H18F4N2O2/c21-13-3-1-4-14(22)17(13)19(27)25-11-12-7-9-26(10-8-12)20(28)18-15(23)5-2-6-16(18)24/h1-6,12H,7-11H2,(H,25,27). The third-order valence-electron chi connectivity index (χ3n) is 4.82. The van der Waals surface area contributed by atoms with Crippen LogP contribution in [0.2, 0.25) is 0 Å². The Morgan fingerprint density at radius 2 is 1.32 bits per heavy atom. The van der Waals surface area contributed by atoms with Crippen LogP contribution in [0.1, 0.15) is 33.6 Å². The van der Waals surface area contributed by atoms with Gasteiger partial charge in [-0.3, -0.25) is 9.59 Å². The maximum Gasteiger partial charge on any atom is 0.259 e. The van der Waals surface area contributed by atoms with E-state index in [9.17, 15) is 27.2 Å². The summed E-state index contributed by atoms with van der Waals surface area (Å²) in [6.07, 6.45) is 0.976. The topological polar surface area (TPSA) is 49.4 Å². The van der Waals surface area contributed by atoms with Crippen molar-refractivity contribution in [2.75, 3.05) is 19.6 Å². The fourth-order valence-electron chi connectivity index (χ4n) is 3.24. The number of amides is 2.